The Labute approximate surface area is 113 Å². The molecule has 0 aliphatic carbocycles. The first-order chi connectivity index (χ1) is 9.15. The van der Waals surface area contributed by atoms with Crippen molar-refractivity contribution < 1.29 is 0 Å². The van der Waals surface area contributed by atoms with Crippen LogP contribution in [0.15, 0.2) is 24.5 Å². The number of nitrogen functional groups attached to an aromatic ring is 1. The van der Waals surface area contributed by atoms with Crippen LogP contribution in [-0.2, 0) is 0 Å². The number of hydrogen-bond acceptors (Lipinski definition) is 4. The summed E-state index contributed by atoms with van der Waals surface area (Å²) in [5.41, 5.74) is 7.49. The van der Waals surface area contributed by atoms with Crippen molar-refractivity contribution >= 4 is 22.4 Å². The Morgan fingerprint density at radius 3 is 2.84 bits per heavy atom. The van der Waals surface area contributed by atoms with Gasteiger partial charge in [0.05, 0.1) is 5.52 Å². The summed E-state index contributed by atoms with van der Waals surface area (Å²) in [6.45, 7) is 6.79. The fourth-order valence-corrected chi connectivity index (χ4v) is 2.77. The second-order valence-electron chi connectivity index (χ2n) is 5.66. The van der Waals surface area contributed by atoms with Crippen molar-refractivity contribution in [2.45, 2.75) is 20.3 Å². The minimum absolute atomic E-state index is 0.701. The van der Waals surface area contributed by atoms with Crippen molar-refractivity contribution in [2.75, 3.05) is 23.7 Å². The number of rotatable bonds is 1. The van der Waals surface area contributed by atoms with Gasteiger partial charge in [-0.25, -0.2) is 9.97 Å². The Bertz CT molecular complexity index is 596. The summed E-state index contributed by atoms with van der Waals surface area (Å²) >= 11 is 0. The molecule has 0 radical (unpaired) electrons. The van der Waals surface area contributed by atoms with Crippen LogP contribution in [0.3, 0.4) is 0 Å². The Balaban J connectivity index is 2.01. The van der Waals surface area contributed by atoms with E-state index in [1.165, 1.54) is 6.42 Å². The molecule has 0 bridgehead atoms. The van der Waals surface area contributed by atoms with E-state index >= 15 is 0 Å². The van der Waals surface area contributed by atoms with Crippen LogP contribution in [0.25, 0.3) is 10.9 Å². The minimum Gasteiger partial charge on any atom is -0.399 e. The monoisotopic (exact) mass is 256 g/mol. The molecule has 4 heteroatoms. The van der Waals surface area contributed by atoms with Crippen LogP contribution in [-0.4, -0.2) is 23.1 Å². The molecule has 4 nitrogen and oxygen atoms in total. The molecule has 0 amide bonds. The molecule has 1 aromatic carbocycles. The molecule has 1 fully saturated rings. The van der Waals surface area contributed by atoms with Crippen molar-refractivity contribution in [1.29, 1.82) is 0 Å². The van der Waals surface area contributed by atoms with Gasteiger partial charge in [-0.1, -0.05) is 13.8 Å². The van der Waals surface area contributed by atoms with Crippen LogP contribution in [0.2, 0.25) is 0 Å². The van der Waals surface area contributed by atoms with Crippen molar-refractivity contribution in [3.8, 4) is 0 Å². The maximum atomic E-state index is 5.82. The van der Waals surface area contributed by atoms with Crippen molar-refractivity contribution in [3.05, 3.63) is 24.5 Å². The predicted octanol–water partition coefficient (Wildman–Crippen LogP) is 2.69. The summed E-state index contributed by atoms with van der Waals surface area (Å²) in [5.74, 6) is 2.54. The first-order valence-corrected chi connectivity index (χ1v) is 6.90. The fraction of sp³-hybridized carbons (Fsp3) is 0.467. The summed E-state index contributed by atoms with van der Waals surface area (Å²) in [6.07, 6.45) is 2.86. The van der Waals surface area contributed by atoms with Crippen LogP contribution >= 0.6 is 0 Å². The quantitative estimate of drug-likeness (QED) is 0.797. The predicted molar refractivity (Wildman–Crippen MR) is 79.1 cm³/mol. The highest BCUT2D eigenvalue weighted by molar-refractivity contribution is 5.91. The smallest absolute Gasteiger partial charge is 0.139 e. The third-order valence-electron chi connectivity index (χ3n) is 4.27. The van der Waals surface area contributed by atoms with E-state index in [0.717, 1.165) is 41.4 Å². The molecule has 2 atom stereocenters. The standard InChI is InChI=1S/C15H20N4/c1-10-5-6-19(8-11(10)2)15-13-4-3-12(16)7-14(13)17-9-18-15/h3-4,7,9-11H,5-6,8,16H2,1-2H3. The molecule has 3 rings (SSSR count). The van der Waals surface area contributed by atoms with E-state index in [-0.39, 0.29) is 0 Å². The number of anilines is 2. The zero-order chi connectivity index (χ0) is 13.4. The summed E-state index contributed by atoms with van der Waals surface area (Å²) < 4.78 is 0. The van der Waals surface area contributed by atoms with Gasteiger partial charge in [0.15, 0.2) is 0 Å². The van der Waals surface area contributed by atoms with Crippen LogP contribution in [0.4, 0.5) is 11.5 Å². The zero-order valence-corrected chi connectivity index (χ0v) is 11.5. The summed E-state index contributed by atoms with van der Waals surface area (Å²) in [6, 6.07) is 5.87. The molecular weight excluding hydrogens is 236 g/mol. The van der Waals surface area contributed by atoms with E-state index in [0.29, 0.717) is 5.92 Å². The average Bonchev–Trinajstić information content (AvgIpc) is 2.41. The second-order valence-corrected chi connectivity index (χ2v) is 5.66. The number of fused-ring (bicyclic) bond motifs is 1. The first-order valence-electron chi connectivity index (χ1n) is 6.90. The molecular formula is C15H20N4. The summed E-state index contributed by atoms with van der Waals surface area (Å²) in [4.78, 5) is 11.2. The highest BCUT2D eigenvalue weighted by atomic mass is 15.2. The van der Waals surface area contributed by atoms with E-state index in [2.05, 4.69) is 28.7 Å². The van der Waals surface area contributed by atoms with Crippen molar-refractivity contribution in [1.82, 2.24) is 9.97 Å². The molecule has 0 saturated carbocycles. The molecule has 1 aliphatic rings. The van der Waals surface area contributed by atoms with Crippen LogP contribution in [0.1, 0.15) is 20.3 Å². The maximum absolute atomic E-state index is 5.82. The van der Waals surface area contributed by atoms with E-state index < -0.39 is 0 Å². The molecule has 2 aromatic rings. The van der Waals surface area contributed by atoms with Crippen molar-refractivity contribution in [2.24, 2.45) is 11.8 Å². The van der Waals surface area contributed by atoms with Crippen LogP contribution in [0, 0.1) is 11.8 Å². The van der Waals surface area contributed by atoms with Crippen LogP contribution < -0.4 is 10.6 Å². The minimum atomic E-state index is 0.701. The Morgan fingerprint density at radius 2 is 2.05 bits per heavy atom. The molecule has 1 saturated heterocycles. The average molecular weight is 256 g/mol. The van der Waals surface area contributed by atoms with E-state index in [9.17, 15) is 0 Å². The largest absolute Gasteiger partial charge is 0.399 e. The topological polar surface area (TPSA) is 55.0 Å². The Kier molecular flexibility index (Phi) is 3.01. The number of nitrogens with two attached hydrogens (primary N) is 1. The summed E-state index contributed by atoms with van der Waals surface area (Å²) in [5, 5.41) is 1.10. The Hall–Kier alpha value is -1.84. The van der Waals surface area contributed by atoms with E-state index in [1.54, 1.807) is 6.33 Å². The summed E-state index contributed by atoms with van der Waals surface area (Å²) in [7, 11) is 0. The number of nitrogens with zero attached hydrogens (tertiary/aromatic N) is 3. The van der Waals surface area contributed by atoms with Crippen molar-refractivity contribution in [3.63, 3.8) is 0 Å². The lowest BCUT2D eigenvalue weighted by molar-refractivity contribution is 0.323. The number of piperidine rings is 1. The van der Waals surface area contributed by atoms with Gasteiger partial charge < -0.3 is 10.6 Å². The highest BCUT2D eigenvalue weighted by Crippen LogP contribution is 2.30. The molecule has 2 N–H and O–H groups in total. The van der Waals surface area contributed by atoms with Gasteiger partial charge in [0.2, 0.25) is 0 Å². The van der Waals surface area contributed by atoms with Gasteiger partial charge in [0, 0.05) is 24.2 Å². The van der Waals surface area contributed by atoms with Gasteiger partial charge in [-0.3, -0.25) is 0 Å². The Morgan fingerprint density at radius 1 is 1.21 bits per heavy atom. The molecule has 100 valence electrons. The van der Waals surface area contributed by atoms with Gasteiger partial charge in [-0.2, -0.15) is 0 Å². The van der Waals surface area contributed by atoms with Gasteiger partial charge in [-0.05, 0) is 36.5 Å². The molecule has 2 unspecified atom stereocenters. The van der Waals surface area contributed by atoms with Gasteiger partial charge in [0.25, 0.3) is 0 Å². The third-order valence-corrected chi connectivity index (χ3v) is 4.27. The molecule has 0 spiro atoms. The number of aromatic nitrogens is 2. The molecule has 1 aromatic heterocycles. The van der Waals surface area contributed by atoms with E-state index in [4.69, 9.17) is 5.73 Å². The molecule has 19 heavy (non-hydrogen) atoms. The fourth-order valence-electron chi connectivity index (χ4n) is 2.77. The molecule has 1 aliphatic heterocycles. The first kappa shape index (κ1) is 12.2. The normalized spacial score (nSPS) is 23.8. The number of hydrogen-bond donors (Lipinski definition) is 1. The SMILES string of the molecule is CC1CCN(c2ncnc3cc(N)ccc23)CC1C. The van der Waals surface area contributed by atoms with Crippen LogP contribution in [0.5, 0.6) is 0 Å². The van der Waals surface area contributed by atoms with Gasteiger partial charge >= 0.3 is 0 Å². The highest BCUT2D eigenvalue weighted by Gasteiger charge is 2.24. The van der Waals surface area contributed by atoms with Gasteiger partial charge in [0.1, 0.15) is 12.1 Å². The van der Waals surface area contributed by atoms with Gasteiger partial charge in [-0.15, -0.1) is 0 Å². The molecule has 2 heterocycles. The zero-order valence-electron chi connectivity index (χ0n) is 11.5. The second kappa shape index (κ2) is 4.68. The third kappa shape index (κ3) is 2.23. The lowest BCUT2D eigenvalue weighted by Crippen LogP contribution is -2.39. The maximum Gasteiger partial charge on any atom is 0.139 e. The lowest BCUT2D eigenvalue weighted by atomic mass is 9.88. The number of benzene rings is 1. The van der Waals surface area contributed by atoms with E-state index in [1.807, 2.05) is 18.2 Å². The lowest BCUT2D eigenvalue weighted by Gasteiger charge is -2.36.